The molecule has 1 fully saturated rings. The predicted molar refractivity (Wildman–Crippen MR) is 178 cm³/mol. The molecule has 1 aliphatic rings. The minimum absolute atomic E-state index is 0.430. The fourth-order valence-electron chi connectivity index (χ4n) is 4.81. The third-order valence-corrected chi connectivity index (χ3v) is 10.1. The lowest BCUT2D eigenvalue weighted by atomic mass is 10.0. The van der Waals surface area contributed by atoms with Gasteiger partial charge < -0.3 is 19.4 Å². The number of nitriles is 1. The van der Waals surface area contributed by atoms with Crippen LogP contribution < -0.4 is 10.1 Å². The molecule has 0 saturated carbocycles. The van der Waals surface area contributed by atoms with Crippen molar-refractivity contribution in [2.75, 3.05) is 38.7 Å². The van der Waals surface area contributed by atoms with E-state index >= 15 is 0 Å². The first-order chi connectivity index (χ1) is 20.6. The van der Waals surface area contributed by atoms with Crippen LogP contribution >= 0.6 is 57.3 Å². The van der Waals surface area contributed by atoms with E-state index in [2.05, 4.69) is 64.9 Å². The standard InChI is InChI=1S/C30H26ClIN6O2S2/c1-39-27-13-24-26(12-23(27)19-10-22(41-17-19)16-37-6-8-40-9-7-37)35-15-20(14-33)29(24)36-21-2-3-28(25(31)11-21)42-30-34-4-5-38(30)18-32/h2-5,10-13,15,17H,6-9,16,18H2,1H3,(H,35,36). The number of pyridine rings is 1. The van der Waals surface area contributed by atoms with E-state index in [1.165, 1.54) is 16.6 Å². The summed E-state index contributed by atoms with van der Waals surface area (Å²) in [6, 6.07) is 14.3. The third-order valence-electron chi connectivity index (χ3n) is 6.97. The first-order valence-electron chi connectivity index (χ1n) is 13.2. The lowest BCUT2D eigenvalue weighted by molar-refractivity contribution is 0.0346. The molecule has 12 heteroatoms. The molecule has 8 nitrogen and oxygen atoms in total. The molecule has 0 aliphatic carbocycles. The number of halogens is 2. The van der Waals surface area contributed by atoms with Crippen LogP contribution in [0.1, 0.15) is 10.4 Å². The van der Waals surface area contributed by atoms with Gasteiger partial charge in [-0.05, 0) is 47.3 Å². The molecule has 4 heterocycles. The number of hydrogen-bond donors (Lipinski definition) is 1. The van der Waals surface area contributed by atoms with Crippen LogP contribution in [-0.2, 0) is 15.8 Å². The summed E-state index contributed by atoms with van der Waals surface area (Å²) in [4.78, 5) is 13.7. The molecule has 3 aromatic heterocycles. The summed E-state index contributed by atoms with van der Waals surface area (Å²) in [5.41, 5.74) is 4.66. The molecule has 0 bridgehead atoms. The summed E-state index contributed by atoms with van der Waals surface area (Å²) >= 11 is 12.3. The van der Waals surface area contributed by atoms with E-state index in [-0.39, 0.29) is 0 Å². The molecule has 0 unspecified atom stereocenters. The lowest BCUT2D eigenvalue weighted by Crippen LogP contribution is -2.35. The van der Waals surface area contributed by atoms with Crippen molar-refractivity contribution in [3.8, 4) is 22.9 Å². The van der Waals surface area contributed by atoms with Gasteiger partial charge in [0.05, 0.1) is 46.7 Å². The normalized spacial score (nSPS) is 13.8. The Labute approximate surface area is 270 Å². The second-order valence-corrected chi connectivity index (χ2v) is 12.7. The average molecular weight is 729 g/mol. The van der Waals surface area contributed by atoms with Crippen LogP contribution in [0.4, 0.5) is 11.4 Å². The predicted octanol–water partition coefficient (Wildman–Crippen LogP) is 7.81. The first-order valence-corrected chi connectivity index (χ1v) is 16.8. The number of anilines is 2. The zero-order chi connectivity index (χ0) is 29.1. The Balaban J connectivity index is 1.30. The fourth-order valence-corrected chi connectivity index (χ4v) is 7.66. The zero-order valence-corrected chi connectivity index (χ0v) is 27.2. The summed E-state index contributed by atoms with van der Waals surface area (Å²) in [6.45, 7) is 4.37. The van der Waals surface area contributed by atoms with Crippen molar-refractivity contribution in [2.45, 2.75) is 21.1 Å². The Morgan fingerprint density at radius 1 is 1.21 bits per heavy atom. The van der Waals surface area contributed by atoms with Crippen molar-refractivity contribution in [3.05, 3.63) is 75.8 Å². The number of nitrogens with zero attached hydrogens (tertiary/aromatic N) is 5. The number of methoxy groups -OCH3 is 1. The summed E-state index contributed by atoms with van der Waals surface area (Å²) in [7, 11) is 1.67. The first kappa shape index (κ1) is 29.2. The number of morpholine rings is 1. The molecular weight excluding hydrogens is 703 g/mol. The number of alkyl halides is 1. The molecule has 42 heavy (non-hydrogen) atoms. The van der Waals surface area contributed by atoms with Crippen molar-refractivity contribution in [3.63, 3.8) is 0 Å². The van der Waals surface area contributed by atoms with Crippen LogP contribution in [-0.4, -0.2) is 52.8 Å². The van der Waals surface area contributed by atoms with Crippen LogP contribution in [0.3, 0.4) is 0 Å². The van der Waals surface area contributed by atoms with E-state index in [1.807, 2.05) is 36.5 Å². The highest BCUT2D eigenvalue weighted by Gasteiger charge is 2.18. The second-order valence-electron chi connectivity index (χ2n) is 9.59. The SMILES string of the molecule is COc1cc2c(Nc3ccc(Sc4nccn4CI)c(Cl)c3)c(C#N)cnc2cc1-c1csc(CN2CCOCC2)c1. The number of aromatic nitrogens is 3. The van der Waals surface area contributed by atoms with Crippen LogP contribution in [0.2, 0.25) is 5.02 Å². The van der Waals surface area contributed by atoms with Crippen LogP contribution in [0, 0.1) is 11.3 Å². The molecular formula is C30H26ClIN6O2S2. The zero-order valence-electron chi connectivity index (χ0n) is 22.6. The molecule has 1 aliphatic heterocycles. The van der Waals surface area contributed by atoms with Gasteiger partial charge in [-0.1, -0.05) is 46.0 Å². The average Bonchev–Trinajstić information content (AvgIpc) is 3.68. The highest BCUT2D eigenvalue weighted by molar-refractivity contribution is 14.1. The summed E-state index contributed by atoms with van der Waals surface area (Å²) < 4.78 is 14.2. The number of imidazole rings is 1. The molecule has 2 aromatic carbocycles. The number of benzene rings is 2. The molecule has 1 saturated heterocycles. The van der Waals surface area contributed by atoms with Crippen molar-refractivity contribution < 1.29 is 9.47 Å². The van der Waals surface area contributed by atoms with E-state index in [4.69, 9.17) is 21.1 Å². The Kier molecular flexibility index (Phi) is 9.18. The van der Waals surface area contributed by atoms with Crippen LogP contribution in [0.15, 0.2) is 70.4 Å². The minimum Gasteiger partial charge on any atom is -0.496 e. The highest BCUT2D eigenvalue weighted by Crippen LogP contribution is 2.40. The summed E-state index contributed by atoms with van der Waals surface area (Å²) in [5, 5.41) is 17.8. The Hall–Kier alpha value is -2.86. The van der Waals surface area contributed by atoms with Gasteiger partial charge in [-0.2, -0.15) is 5.26 Å². The molecule has 5 aromatic rings. The van der Waals surface area contributed by atoms with Crippen molar-refractivity contribution >= 4 is 79.6 Å². The highest BCUT2D eigenvalue weighted by atomic mass is 127. The third kappa shape index (κ3) is 6.24. The van der Waals surface area contributed by atoms with Gasteiger partial charge in [-0.3, -0.25) is 9.88 Å². The fraction of sp³-hybridized carbons (Fsp3) is 0.233. The molecule has 0 radical (unpaired) electrons. The molecule has 1 N–H and O–H groups in total. The van der Waals surface area contributed by atoms with Gasteiger partial charge in [0.1, 0.15) is 11.8 Å². The summed E-state index contributed by atoms with van der Waals surface area (Å²) in [5.74, 6) is 0.716. The van der Waals surface area contributed by atoms with E-state index in [0.29, 0.717) is 22.0 Å². The summed E-state index contributed by atoms with van der Waals surface area (Å²) in [6.07, 6.45) is 5.33. The number of ether oxygens (including phenoxy) is 2. The van der Waals surface area contributed by atoms with E-state index in [0.717, 1.165) is 75.2 Å². The topological polar surface area (TPSA) is 88.2 Å². The smallest absolute Gasteiger partial charge is 0.173 e. The number of hydrogen-bond acceptors (Lipinski definition) is 9. The van der Waals surface area contributed by atoms with E-state index in [9.17, 15) is 5.26 Å². The van der Waals surface area contributed by atoms with Gasteiger partial charge in [-0.25, -0.2) is 4.98 Å². The van der Waals surface area contributed by atoms with Gasteiger partial charge in [0.15, 0.2) is 5.16 Å². The monoisotopic (exact) mass is 728 g/mol. The maximum Gasteiger partial charge on any atom is 0.173 e. The second kappa shape index (κ2) is 13.2. The molecule has 0 amide bonds. The molecule has 6 rings (SSSR count). The van der Waals surface area contributed by atoms with Gasteiger partial charge in [0.25, 0.3) is 0 Å². The van der Waals surface area contributed by atoms with Crippen molar-refractivity contribution in [1.82, 2.24) is 19.4 Å². The maximum absolute atomic E-state index is 9.93. The molecule has 214 valence electrons. The molecule has 0 spiro atoms. The van der Waals surface area contributed by atoms with Crippen LogP contribution in [0.25, 0.3) is 22.0 Å². The van der Waals surface area contributed by atoms with E-state index in [1.54, 1.807) is 30.8 Å². The van der Waals surface area contributed by atoms with Gasteiger partial charge >= 0.3 is 0 Å². The van der Waals surface area contributed by atoms with Gasteiger partial charge in [-0.15, -0.1) is 11.3 Å². The Bertz CT molecular complexity index is 1780. The van der Waals surface area contributed by atoms with Crippen molar-refractivity contribution in [2.24, 2.45) is 0 Å². The lowest BCUT2D eigenvalue weighted by Gasteiger charge is -2.25. The quantitative estimate of drug-likeness (QED) is 0.122. The van der Waals surface area contributed by atoms with Gasteiger partial charge in [0, 0.05) is 64.6 Å². The molecule has 0 atom stereocenters. The van der Waals surface area contributed by atoms with Gasteiger partial charge in [0.2, 0.25) is 0 Å². The van der Waals surface area contributed by atoms with Crippen LogP contribution in [0.5, 0.6) is 5.75 Å². The van der Waals surface area contributed by atoms with Crippen molar-refractivity contribution in [1.29, 1.82) is 5.26 Å². The number of fused-ring (bicyclic) bond motifs is 1. The maximum atomic E-state index is 9.93. The van der Waals surface area contributed by atoms with E-state index < -0.39 is 0 Å². The largest absolute Gasteiger partial charge is 0.496 e. The number of nitrogens with one attached hydrogen (secondary N) is 1. The Morgan fingerprint density at radius 3 is 2.83 bits per heavy atom. The Morgan fingerprint density at radius 2 is 2.07 bits per heavy atom. The number of rotatable bonds is 9. The minimum atomic E-state index is 0.430. The number of thiophene rings is 1.